The van der Waals surface area contributed by atoms with Crippen molar-refractivity contribution in [1.82, 2.24) is 5.32 Å². The van der Waals surface area contributed by atoms with Gasteiger partial charge in [-0.15, -0.1) is 0 Å². The van der Waals surface area contributed by atoms with Crippen LogP contribution in [0.25, 0.3) is 0 Å². The number of rotatable bonds is 16. The number of hydrogen-bond acceptors (Lipinski definition) is 8. The number of nitrogens with one attached hydrogen (secondary N) is 1. The lowest BCUT2D eigenvalue weighted by Gasteiger charge is -2.40. The maximum atomic E-state index is 12.2. The van der Waals surface area contributed by atoms with Crippen molar-refractivity contribution in [3.63, 3.8) is 0 Å². The van der Waals surface area contributed by atoms with Crippen molar-refractivity contribution in [1.29, 1.82) is 0 Å². The molecular weight excluding hydrogens is 418 g/mol. The zero-order valence-corrected chi connectivity index (χ0v) is 19.4. The molecule has 1 fully saturated rings. The summed E-state index contributed by atoms with van der Waals surface area (Å²) < 4.78 is 10.9. The van der Waals surface area contributed by atoms with Crippen LogP contribution in [0, 0.1) is 0 Å². The van der Waals surface area contributed by atoms with Crippen molar-refractivity contribution in [2.75, 3.05) is 13.2 Å². The molecule has 9 nitrogen and oxygen atoms in total. The number of unbranched alkanes of at least 4 members (excludes halogenated alkanes) is 6. The molecule has 1 amide bonds. The normalized spacial score (nSPS) is 28.0. The Morgan fingerprint density at radius 1 is 1.03 bits per heavy atom. The molecule has 188 valence electrons. The minimum Gasteiger partial charge on any atom is -0.394 e. The minimum atomic E-state index is -1.55. The van der Waals surface area contributed by atoms with Crippen LogP contribution in [0.4, 0.5) is 0 Å². The summed E-state index contributed by atoms with van der Waals surface area (Å²) in [5.41, 5.74) is 0. The first-order chi connectivity index (χ1) is 15.3. The number of ether oxygens (including phenoxy) is 2. The fraction of sp³-hybridized carbons (Fsp3) is 0.870. The highest BCUT2D eigenvalue weighted by Gasteiger charge is 2.44. The molecule has 1 rings (SSSR count). The van der Waals surface area contributed by atoms with Crippen molar-refractivity contribution in [3.8, 4) is 0 Å². The summed E-state index contributed by atoms with van der Waals surface area (Å²) >= 11 is 0. The van der Waals surface area contributed by atoms with E-state index >= 15 is 0 Å². The largest absolute Gasteiger partial charge is 0.394 e. The zero-order chi connectivity index (χ0) is 23.9. The summed E-state index contributed by atoms with van der Waals surface area (Å²) in [4.78, 5) is 12.2. The molecule has 0 bridgehead atoms. The first-order valence-electron chi connectivity index (χ1n) is 11.9. The van der Waals surface area contributed by atoms with Gasteiger partial charge in [-0.05, 0) is 19.3 Å². The van der Waals surface area contributed by atoms with E-state index in [0.717, 1.165) is 32.1 Å². The van der Waals surface area contributed by atoms with E-state index in [1.54, 1.807) is 6.08 Å². The molecule has 1 aliphatic heterocycles. The predicted octanol–water partition coefficient (Wildman–Crippen LogP) is 0.755. The lowest BCUT2D eigenvalue weighted by molar-refractivity contribution is -0.302. The van der Waals surface area contributed by atoms with Crippen LogP contribution in [0.3, 0.4) is 0 Å². The van der Waals surface area contributed by atoms with Crippen LogP contribution >= 0.6 is 0 Å². The third kappa shape index (κ3) is 10.2. The van der Waals surface area contributed by atoms with Crippen molar-refractivity contribution < 1.29 is 39.8 Å². The van der Waals surface area contributed by atoms with Gasteiger partial charge in [-0.1, -0.05) is 58.1 Å². The second kappa shape index (κ2) is 16.5. The molecule has 7 atom stereocenters. The maximum absolute atomic E-state index is 12.2. The molecule has 32 heavy (non-hydrogen) atoms. The Labute approximate surface area is 191 Å². The monoisotopic (exact) mass is 461 g/mol. The van der Waals surface area contributed by atoms with Gasteiger partial charge in [-0.3, -0.25) is 4.79 Å². The first kappa shape index (κ1) is 29.0. The van der Waals surface area contributed by atoms with E-state index in [-0.39, 0.29) is 12.5 Å². The van der Waals surface area contributed by atoms with Crippen molar-refractivity contribution in [3.05, 3.63) is 12.2 Å². The number of hydrogen-bond donors (Lipinski definition) is 6. The Morgan fingerprint density at radius 3 is 2.38 bits per heavy atom. The Hall–Kier alpha value is -1.07. The van der Waals surface area contributed by atoms with Crippen LogP contribution in [-0.4, -0.2) is 87.5 Å². The fourth-order valence-corrected chi connectivity index (χ4v) is 3.48. The Balaban J connectivity index is 2.67. The molecule has 0 aromatic rings. The van der Waals surface area contributed by atoms with Crippen molar-refractivity contribution in [2.24, 2.45) is 0 Å². The van der Waals surface area contributed by atoms with Crippen LogP contribution in [0.1, 0.15) is 71.6 Å². The van der Waals surface area contributed by atoms with Crippen LogP contribution < -0.4 is 5.32 Å². The standard InChI is InChI=1S/C23H43NO8/c1-3-5-7-8-9-10-11-12-17(26)16(24-19(27)13-6-4-2)15-31-23-22(30)21(29)20(28)18(14-25)32-23/h11-12,16-18,20-23,25-26,28-30H,3-10,13-15H2,1-2H3,(H,24,27)/b12-11+. The minimum absolute atomic E-state index is 0.192. The summed E-state index contributed by atoms with van der Waals surface area (Å²) in [6, 6.07) is -0.789. The molecule has 1 saturated heterocycles. The molecule has 6 N–H and O–H groups in total. The average Bonchev–Trinajstić information content (AvgIpc) is 2.79. The summed E-state index contributed by atoms with van der Waals surface area (Å²) in [6.45, 7) is 3.39. The summed E-state index contributed by atoms with van der Waals surface area (Å²) in [7, 11) is 0. The predicted molar refractivity (Wildman–Crippen MR) is 120 cm³/mol. The topological polar surface area (TPSA) is 149 Å². The van der Waals surface area contributed by atoms with E-state index in [4.69, 9.17) is 9.47 Å². The van der Waals surface area contributed by atoms with Crippen LogP contribution in [0.2, 0.25) is 0 Å². The maximum Gasteiger partial charge on any atom is 0.220 e. The number of carbonyl (C=O) groups excluding carboxylic acids is 1. The van der Waals surface area contributed by atoms with Gasteiger partial charge in [0.15, 0.2) is 6.29 Å². The third-order valence-corrected chi connectivity index (χ3v) is 5.61. The van der Waals surface area contributed by atoms with Gasteiger partial charge >= 0.3 is 0 Å². The molecule has 9 heteroatoms. The number of aliphatic hydroxyl groups is 5. The molecule has 1 heterocycles. The molecule has 0 aromatic carbocycles. The van der Waals surface area contributed by atoms with Gasteiger partial charge < -0.3 is 40.3 Å². The highest BCUT2D eigenvalue weighted by Crippen LogP contribution is 2.22. The van der Waals surface area contributed by atoms with Crippen LogP contribution in [0.5, 0.6) is 0 Å². The smallest absolute Gasteiger partial charge is 0.220 e. The molecule has 0 aromatic heterocycles. The molecular formula is C23H43NO8. The number of amides is 1. The molecule has 1 aliphatic rings. The van der Waals surface area contributed by atoms with Gasteiger partial charge in [0.2, 0.25) is 5.91 Å². The fourth-order valence-electron chi connectivity index (χ4n) is 3.48. The molecule has 0 saturated carbocycles. The highest BCUT2D eigenvalue weighted by molar-refractivity contribution is 5.76. The summed E-state index contributed by atoms with van der Waals surface area (Å²) in [5, 5.41) is 52.6. The van der Waals surface area contributed by atoms with Crippen molar-refractivity contribution >= 4 is 5.91 Å². The van der Waals surface area contributed by atoms with E-state index in [9.17, 15) is 30.3 Å². The Kier molecular flexibility index (Phi) is 15.0. The number of allylic oxidation sites excluding steroid dienone is 1. The molecule has 0 radical (unpaired) electrons. The second-order valence-electron chi connectivity index (χ2n) is 8.43. The Morgan fingerprint density at radius 2 is 1.72 bits per heavy atom. The Bertz CT molecular complexity index is 530. The van der Waals surface area contributed by atoms with Gasteiger partial charge in [0.1, 0.15) is 24.4 Å². The van der Waals surface area contributed by atoms with E-state index in [2.05, 4.69) is 12.2 Å². The van der Waals surface area contributed by atoms with E-state index < -0.39 is 49.5 Å². The second-order valence-corrected chi connectivity index (χ2v) is 8.43. The third-order valence-electron chi connectivity index (χ3n) is 5.61. The van der Waals surface area contributed by atoms with Gasteiger partial charge in [0.05, 0.1) is 25.4 Å². The highest BCUT2D eigenvalue weighted by atomic mass is 16.7. The van der Waals surface area contributed by atoms with Gasteiger partial charge in [-0.2, -0.15) is 0 Å². The molecule has 0 spiro atoms. The lowest BCUT2D eigenvalue weighted by atomic mass is 9.99. The van der Waals surface area contributed by atoms with E-state index in [1.807, 2.05) is 13.0 Å². The zero-order valence-electron chi connectivity index (χ0n) is 19.4. The van der Waals surface area contributed by atoms with Crippen molar-refractivity contribution in [2.45, 2.75) is 114 Å². The molecule has 0 aliphatic carbocycles. The summed E-state index contributed by atoms with van der Waals surface area (Å²) in [5.74, 6) is -0.221. The summed E-state index contributed by atoms with van der Waals surface area (Å²) in [6.07, 6.45) is 3.98. The first-order valence-corrected chi connectivity index (χ1v) is 11.9. The van der Waals surface area contributed by atoms with Gasteiger partial charge in [-0.25, -0.2) is 0 Å². The quantitative estimate of drug-likeness (QED) is 0.146. The number of aliphatic hydroxyl groups excluding tert-OH is 5. The number of carbonyl (C=O) groups is 1. The van der Waals surface area contributed by atoms with E-state index in [0.29, 0.717) is 6.42 Å². The van der Waals surface area contributed by atoms with Gasteiger partial charge in [0.25, 0.3) is 0 Å². The van der Waals surface area contributed by atoms with E-state index in [1.165, 1.54) is 19.3 Å². The van der Waals surface area contributed by atoms with Gasteiger partial charge in [0, 0.05) is 6.42 Å². The SMILES string of the molecule is CCCCCCC/C=C/C(O)C(COC1OC(CO)C(O)C(O)C1O)NC(=O)CCCC. The molecule has 7 unspecified atom stereocenters. The van der Waals surface area contributed by atoms with Crippen LogP contribution in [0.15, 0.2) is 12.2 Å². The average molecular weight is 462 g/mol. The lowest BCUT2D eigenvalue weighted by Crippen LogP contribution is -2.60. The van der Waals surface area contributed by atoms with Crippen LogP contribution in [-0.2, 0) is 14.3 Å².